The van der Waals surface area contributed by atoms with Crippen molar-refractivity contribution in [2.45, 2.75) is 12.8 Å². The number of nitro benzene ring substituents is 1. The Morgan fingerprint density at radius 3 is 2.81 bits per heavy atom. The number of alkyl halides is 1. The van der Waals surface area contributed by atoms with Crippen molar-refractivity contribution in [2.24, 2.45) is 5.92 Å². The summed E-state index contributed by atoms with van der Waals surface area (Å²) in [5.41, 5.74) is -1.60. The van der Waals surface area contributed by atoms with Gasteiger partial charge in [-0.2, -0.15) is 4.39 Å². The zero-order valence-electron chi connectivity index (χ0n) is 11.0. The van der Waals surface area contributed by atoms with E-state index in [-0.39, 0.29) is 0 Å². The summed E-state index contributed by atoms with van der Waals surface area (Å²) in [4.78, 5) is 23.3. The zero-order valence-corrected chi connectivity index (χ0v) is 12.6. The molecule has 0 spiro atoms. The van der Waals surface area contributed by atoms with E-state index in [2.05, 4.69) is 15.9 Å². The molecule has 2 rings (SSSR count). The van der Waals surface area contributed by atoms with Crippen LogP contribution in [0.3, 0.4) is 0 Å². The van der Waals surface area contributed by atoms with E-state index in [0.29, 0.717) is 31.1 Å². The van der Waals surface area contributed by atoms with E-state index in [1.165, 1.54) is 4.90 Å². The van der Waals surface area contributed by atoms with Gasteiger partial charge in [-0.05, 0) is 24.8 Å². The molecule has 1 aliphatic rings. The van der Waals surface area contributed by atoms with Gasteiger partial charge in [-0.25, -0.2) is 4.39 Å². The monoisotopic (exact) mass is 362 g/mol. The Labute approximate surface area is 128 Å². The molecule has 5 nitrogen and oxygen atoms in total. The molecule has 0 bridgehead atoms. The van der Waals surface area contributed by atoms with E-state index in [0.717, 1.165) is 18.2 Å². The van der Waals surface area contributed by atoms with E-state index in [1.807, 2.05) is 0 Å². The van der Waals surface area contributed by atoms with Crippen LogP contribution in [0.25, 0.3) is 0 Å². The highest BCUT2D eigenvalue weighted by Gasteiger charge is 2.31. The Morgan fingerprint density at radius 1 is 1.48 bits per heavy atom. The second-order valence-corrected chi connectivity index (χ2v) is 5.72. The van der Waals surface area contributed by atoms with Crippen molar-refractivity contribution in [3.8, 4) is 0 Å². The fourth-order valence-corrected chi connectivity index (χ4v) is 3.09. The molecular formula is C13H13BrF2N2O3. The standard InChI is InChI=1S/C13H13BrF2N2O3/c14-3-1-8-2-4-17(7-8)13(19)10-5-9(15)6-11(12(10)16)18(20)21/h5-6,8H,1-4,7H2. The molecule has 1 saturated heterocycles. The lowest BCUT2D eigenvalue weighted by Gasteiger charge is -2.16. The Balaban J connectivity index is 2.26. The third-order valence-electron chi connectivity index (χ3n) is 3.54. The minimum Gasteiger partial charge on any atom is -0.338 e. The zero-order chi connectivity index (χ0) is 15.6. The maximum atomic E-state index is 14.0. The molecule has 8 heteroatoms. The fourth-order valence-electron chi connectivity index (χ4n) is 2.44. The number of nitrogens with zero attached hydrogens (tertiary/aromatic N) is 2. The number of amides is 1. The van der Waals surface area contributed by atoms with Gasteiger partial charge in [0.2, 0.25) is 5.82 Å². The molecule has 0 aromatic heterocycles. The molecule has 21 heavy (non-hydrogen) atoms. The third kappa shape index (κ3) is 3.37. The van der Waals surface area contributed by atoms with Gasteiger partial charge in [0.15, 0.2) is 0 Å². The molecule has 1 fully saturated rings. The lowest BCUT2D eigenvalue weighted by Crippen LogP contribution is -2.29. The first-order valence-electron chi connectivity index (χ1n) is 6.42. The molecular weight excluding hydrogens is 350 g/mol. The maximum Gasteiger partial charge on any atom is 0.308 e. The van der Waals surface area contributed by atoms with Gasteiger partial charge in [-0.3, -0.25) is 14.9 Å². The summed E-state index contributed by atoms with van der Waals surface area (Å²) in [5, 5.41) is 11.5. The Hall–Kier alpha value is -1.57. The van der Waals surface area contributed by atoms with Crippen molar-refractivity contribution < 1.29 is 18.5 Å². The SMILES string of the molecule is O=C(c1cc(F)cc([N+](=O)[O-])c1F)N1CCC(CCBr)C1. The molecule has 1 aliphatic heterocycles. The van der Waals surface area contributed by atoms with Gasteiger partial charge in [0.25, 0.3) is 5.91 Å². The average Bonchev–Trinajstić information content (AvgIpc) is 2.89. The lowest BCUT2D eigenvalue weighted by atomic mass is 10.1. The summed E-state index contributed by atoms with van der Waals surface area (Å²) in [6.07, 6.45) is 1.67. The highest BCUT2D eigenvalue weighted by Crippen LogP contribution is 2.27. The minimum absolute atomic E-state index is 0.305. The largest absolute Gasteiger partial charge is 0.338 e. The smallest absolute Gasteiger partial charge is 0.308 e. The Bertz CT molecular complexity index is 583. The maximum absolute atomic E-state index is 14.0. The van der Waals surface area contributed by atoms with Crippen LogP contribution in [0.4, 0.5) is 14.5 Å². The second-order valence-electron chi connectivity index (χ2n) is 4.93. The number of carbonyl (C=O) groups excluding carboxylic acids is 1. The first-order valence-corrected chi connectivity index (χ1v) is 7.55. The van der Waals surface area contributed by atoms with Gasteiger partial charge in [0, 0.05) is 18.4 Å². The molecule has 0 N–H and O–H groups in total. The van der Waals surface area contributed by atoms with Crippen LogP contribution in [0, 0.1) is 27.7 Å². The lowest BCUT2D eigenvalue weighted by molar-refractivity contribution is -0.387. The Kier molecular flexibility index (Phi) is 4.87. The molecule has 1 atom stereocenters. The Morgan fingerprint density at radius 2 is 2.19 bits per heavy atom. The van der Waals surface area contributed by atoms with Gasteiger partial charge in [-0.1, -0.05) is 15.9 Å². The van der Waals surface area contributed by atoms with Crippen LogP contribution >= 0.6 is 15.9 Å². The number of hydrogen-bond acceptors (Lipinski definition) is 3. The minimum atomic E-state index is -1.28. The summed E-state index contributed by atoms with van der Waals surface area (Å²) < 4.78 is 27.4. The molecule has 1 aromatic carbocycles. The van der Waals surface area contributed by atoms with Gasteiger partial charge < -0.3 is 4.90 Å². The number of hydrogen-bond donors (Lipinski definition) is 0. The number of benzene rings is 1. The molecule has 0 saturated carbocycles. The summed E-state index contributed by atoms with van der Waals surface area (Å²) in [5.74, 6) is -2.68. The molecule has 0 radical (unpaired) electrons. The highest BCUT2D eigenvalue weighted by molar-refractivity contribution is 9.09. The number of likely N-dealkylation sites (tertiary alicyclic amines) is 1. The predicted octanol–water partition coefficient (Wildman–Crippen LogP) is 3.12. The van der Waals surface area contributed by atoms with Crippen LogP contribution in [0.2, 0.25) is 0 Å². The third-order valence-corrected chi connectivity index (χ3v) is 3.99. The summed E-state index contributed by atoms with van der Waals surface area (Å²) in [6.45, 7) is 0.897. The van der Waals surface area contributed by atoms with E-state index in [9.17, 15) is 23.7 Å². The summed E-state index contributed by atoms with van der Waals surface area (Å²) in [7, 11) is 0. The first-order chi connectivity index (χ1) is 9.93. The second kappa shape index (κ2) is 6.46. The van der Waals surface area contributed by atoms with Crippen LogP contribution in [0.1, 0.15) is 23.2 Å². The van der Waals surface area contributed by atoms with Crippen LogP contribution in [0.5, 0.6) is 0 Å². The van der Waals surface area contributed by atoms with E-state index in [4.69, 9.17) is 0 Å². The number of carbonyl (C=O) groups is 1. The van der Waals surface area contributed by atoms with Crippen LogP contribution in [-0.4, -0.2) is 34.2 Å². The summed E-state index contributed by atoms with van der Waals surface area (Å²) in [6, 6.07) is 1.19. The van der Waals surface area contributed by atoms with Crippen molar-refractivity contribution in [1.29, 1.82) is 0 Å². The predicted molar refractivity (Wildman–Crippen MR) is 75.4 cm³/mol. The van der Waals surface area contributed by atoms with Crippen molar-refractivity contribution in [3.63, 3.8) is 0 Å². The van der Waals surface area contributed by atoms with Crippen molar-refractivity contribution in [3.05, 3.63) is 39.4 Å². The normalized spacial score (nSPS) is 18.0. The van der Waals surface area contributed by atoms with Crippen LogP contribution < -0.4 is 0 Å². The van der Waals surface area contributed by atoms with Gasteiger partial charge in [0.1, 0.15) is 5.82 Å². The first kappa shape index (κ1) is 15.8. The van der Waals surface area contributed by atoms with E-state index in [1.54, 1.807) is 0 Å². The van der Waals surface area contributed by atoms with Gasteiger partial charge in [-0.15, -0.1) is 0 Å². The number of nitro groups is 1. The number of rotatable bonds is 4. The van der Waals surface area contributed by atoms with Gasteiger partial charge in [0.05, 0.1) is 16.6 Å². The van der Waals surface area contributed by atoms with E-state index < -0.39 is 33.7 Å². The van der Waals surface area contributed by atoms with Crippen molar-refractivity contribution in [2.75, 3.05) is 18.4 Å². The number of halogens is 3. The van der Waals surface area contributed by atoms with Crippen LogP contribution in [-0.2, 0) is 0 Å². The highest BCUT2D eigenvalue weighted by atomic mass is 79.9. The van der Waals surface area contributed by atoms with Crippen LogP contribution in [0.15, 0.2) is 12.1 Å². The molecule has 1 unspecified atom stereocenters. The van der Waals surface area contributed by atoms with Crippen molar-refractivity contribution in [1.82, 2.24) is 4.90 Å². The quantitative estimate of drug-likeness (QED) is 0.469. The average molecular weight is 363 g/mol. The van der Waals surface area contributed by atoms with Gasteiger partial charge >= 0.3 is 5.69 Å². The van der Waals surface area contributed by atoms with E-state index >= 15 is 0 Å². The molecule has 1 heterocycles. The van der Waals surface area contributed by atoms with Crippen molar-refractivity contribution >= 4 is 27.5 Å². The fraction of sp³-hybridized carbons (Fsp3) is 0.462. The molecule has 1 aromatic rings. The summed E-state index contributed by atoms with van der Waals surface area (Å²) >= 11 is 3.32. The molecule has 0 aliphatic carbocycles. The molecule has 1 amide bonds. The topological polar surface area (TPSA) is 63.4 Å². The molecule has 114 valence electrons.